The van der Waals surface area contributed by atoms with E-state index in [1.54, 1.807) is 6.92 Å². The van der Waals surface area contributed by atoms with E-state index in [9.17, 15) is 5.11 Å². The number of aliphatic hydroxyl groups excluding tert-OH is 1. The quantitative estimate of drug-likeness (QED) is 0.778. The van der Waals surface area contributed by atoms with Crippen molar-refractivity contribution < 1.29 is 5.11 Å². The van der Waals surface area contributed by atoms with E-state index in [-0.39, 0.29) is 11.5 Å². The highest BCUT2D eigenvalue weighted by Crippen LogP contribution is 2.34. The third kappa shape index (κ3) is 3.07. The first-order valence-electron chi connectivity index (χ1n) is 5.60. The Morgan fingerprint density at radius 3 is 1.67 bits per heavy atom. The third-order valence-electron chi connectivity index (χ3n) is 3.22. The fourth-order valence-corrected chi connectivity index (χ4v) is 1.56. The van der Waals surface area contributed by atoms with Crippen molar-refractivity contribution in [2.75, 3.05) is 0 Å². The smallest absolute Gasteiger partial charge is 0.0761 e. The molecule has 2 atom stereocenters. The molecule has 1 N–H and O–H groups in total. The van der Waals surface area contributed by atoms with Gasteiger partial charge in [0.2, 0.25) is 0 Å². The van der Waals surface area contributed by atoms with E-state index in [1.807, 2.05) is 12.1 Å². The van der Waals surface area contributed by atoms with Gasteiger partial charge in [0.25, 0.3) is 0 Å². The zero-order valence-corrected chi connectivity index (χ0v) is 10.4. The van der Waals surface area contributed by atoms with Crippen molar-refractivity contribution in [1.82, 2.24) is 0 Å². The zero-order chi connectivity index (χ0) is 11.6. The minimum absolute atomic E-state index is 0.284. The maximum absolute atomic E-state index is 9.41. The lowest BCUT2D eigenvalue weighted by atomic mass is 9.78. The summed E-state index contributed by atoms with van der Waals surface area (Å²) < 4.78 is 0. The summed E-state index contributed by atoms with van der Waals surface area (Å²) in [6.45, 7) is 10.8. The van der Waals surface area contributed by atoms with Gasteiger partial charge in [0, 0.05) is 0 Å². The summed E-state index contributed by atoms with van der Waals surface area (Å²) in [6.07, 6.45) is -0.371. The van der Waals surface area contributed by atoms with Crippen molar-refractivity contribution in [3.05, 3.63) is 35.4 Å². The van der Waals surface area contributed by atoms with Gasteiger partial charge in [0.1, 0.15) is 0 Å². The Morgan fingerprint density at radius 2 is 1.33 bits per heavy atom. The highest BCUT2D eigenvalue weighted by molar-refractivity contribution is 5.27. The molecule has 1 rings (SSSR count). The maximum Gasteiger partial charge on any atom is 0.0761 e. The summed E-state index contributed by atoms with van der Waals surface area (Å²) in [4.78, 5) is 0. The van der Waals surface area contributed by atoms with Crippen LogP contribution in [0.5, 0.6) is 0 Å². The molecule has 1 aromatic rings. The monoisotopic (exact) mass is 206 g/mol. The fraction of sp³-hybridized carbons (Fsp3) is 0.571. The maximum atomic E-state index is 9.41. The fourth-order valence-electron chi connectivity index (χ4n) is 1.56. The van der Waals surface area contributed by atoms with Gasteiger partial charge >= 0.3 is 0 Å². The van der Waals surface area contributed by atoms with Crippen LogP contribution in [-0.2, 0) is 0 Å². The standard InChI is InChI=1S/C14H22O/c1-10(14(3,4)5)12-6-8-13(9-7-12)11(2)15/h6-11,15H,1-5H3. The van der Waals surface area contributed by atoms with Crippen molar-refractivity contribution >= 4 is 0 Å². The first kappa shape index (κ1) is 12.3. The van der Waals surface area contributed by atoms with Gasteiger partial charge in [-0.25, -0.2) is 0 Å². The normalized spacial score (nSPS) is 16.1. The van der Waals surface area contributed by atoms with E-state index in [0.717, 1.165) is 5.56 Å². The van der Waals surface area contributed by atoms with E-state index in [0.29, 0.717) is 5.92 Å². The summed E-state index contributed by atoms with van der Waals surface area (Å²) >= 11 is 0. The van der Waals surface area contributed by atoms with Crippen molar-refractivity contribution in [2.24, 2.45) is 5.41 Å². The molecule has 0 radical (unpaired) electrons. The van der Waals surface area contributed by atoms with E-state index in [1.165, 1.54) is 5.56 Å². The molecule has 1 heteroatoms. The second-order valence-corrected chi connectivity index (χ2v) is 5.43. The average Bonchev–Trinajstić information content (AvgIpc) is 2.15. The molecule has 0 saturated carbocycles. The predicted molar refractivity (Wildman–Crippen MR) is 64.9 cm³/mol. The van der Waals surface area contributed by atoms with Crippen LogP contribution in [0.15, 0.2) is 24.3 Å². The van der Waals surface area contributed by atoms with Crippen LogP contribution in [0, 0.1) is 5.41 Å². The molecule has 0 fully saturated rings. The number of aliphatic hydroxyl groups is 1. The summed E-state index contributed by atoms with van der Waals surface area (Å²) in [5.41, 5.74) is 2.61. The zero-order valence-electron chi connectivity index (χ0n) is 10.4. The number of hydrogen-bond donors (Lipinski definition) is 1. The van der Waals surface area contributed by atoms with Crippen molar-refractivity contribution in [1.29, 1.82) is 0 Å². The van der Waals surface area contributed by atoms with Crippen molar-refractivity contribution in [2.45, 2.75) is 46.6 Å². The van der Waals surface area contributed by atoms with Gasteiger partial charge < -0.3 is 5.11 Å². The second kappa shape index (κ2) is 4.36. The molecule has 0 aliphatic rings. The van der Waals surface area contributed by atoms with Crippen LogP contribution in [-0.4, -0.2) is 5.11 Å². The number of benzene rings is 1. The van der Waals surface area contributed by atoms with Crippen LogP contribution in [0.4, 0.5) is 0 Å². The van der Waals surface area contributed by atoms with E-state index >= 15 is 0 Å². The molecular weight excluding hydrogens is 184 g/mol. The number of rotatable bonds is 2. The summed E-state index contributed by atoms with van der Waals surface area (Å²) in [5, 5.41) is 9.41. The molecule has 0 aromatic heterocycles. The molecule has 15 heavy (non-hydrogen) atoms. The predicted octanol–water partition coefficient (Wildman–Crippen LogP) is 3.89. The Labute approximate surface area is 93.1 Å². The van der Waals surface area contributed by atoms with Gasteiger partial charge in [0.15, 0.2) is 0 Å². The minimum Gasteiger partial charge on any atom is -0.389 e. The van der Waals surface area contributed by atoms with Crippen LogP contribution in [0.2, 0.25) is 0 Å². The molecular formula is C14H22O. The van der Waals surface area contributed by atoms with Gasteiger partial charge in [-0.2, -0.15) is 0 Å². The molecule has 0 saturated heterocycles. The SMILES string of the molecule is CC(O)c1ccc(C(C)C(C)(C)C)cc1. The molecule has 0 heterocycles. The summed E-state index contributed by atoms with van der Waals surface area (Å²) in [7, 11) is 0. The first-order chi connectivity index (χ1) is 6.82. The van der Waals surface area contributed by atoms with E-state index < -0.39 is 0 Å². The van der Waals surface area contributed by atoms with Gasteiger partial charge in [0.05, 0.1) is 6.10 Å². The molecule has 0 spiro atoms. The Bertz CT molecular complexity index is 303. The molecule has 0 aliphatic heterocycles. The Morgan fingerprint density at radius 1 is 0.933 bits per heavy atom. The molecule has 84 valence electrons. The molecule has 2 unspecified atom stereocenters. The van der Waals surface area contributed by atoms with Crippen molar-refractivity contribution in [3.8, 4) is 0 Å². The van der Waals surface area contributed by atoms with Gasteiger partial charge in [-0.15, -0.1) is 0 Å². The van der Waals surface area contributed by atoms with Gasteiger partial charge in [-0.3, -0.25) is 0 Å². The van der Waals surface area contributed by atoms with Crippen LogP contribution in [0.3, 0.4) is 0 Å². The van der Waals surface area contributed by atoms with Crippen LogP contribution in [0.1, 0.15) is 57.8 Å². The Balaban J connectivity index is 2.89. The van der Waals surface area contributed by atoms with Gasteiger partial charge in [-0.1, -0.05) is 52.0 Å². The summed E-state index contributed by atoms with van der Waals surface area (Å²) in [5.74, 6) is 0.528. The molecule has 1 aromatic carbocycles. The van der Waals surface area contributed by atoms with Crippen LogP contribution in [0.25, 0.3) is 0 Å². The van der Waals surface area contributed by atoms with E-state index in [2.05, 4.69) is 39.8 Å². The molecule has 0 bridgehead atoms. The Kier molecular flexibility index (Phi) is 3.56. The molecule has 1 nitrogen and oxygen atoms in total. The largest absolute Gasteiger partial charge is 0.389 e. The first-order valence-corrected chi connectivity index (χ1v) is 5.60. The lowest BCUT2D eigenvalue weighted by molar-refractivity contribution is 0.199. The Hall–Kier alpha value is -0.820. The minimum atomic E-state index is -0.371. The highest BCUT2D eigenvalue weighted by Gasteiger charge is 2.21. The van der Waals surface area contributed by atoms with E-state index in [4.69, 9.17) is 0 Å². The average molecular weight is 206 g/mol. The molecule has 0 amide bonds. The lowest BCUT2D eigenvalue weighted by Gasteiger charge is -2.27. The topological polar surface area (TPSA) is 20.2 Å². The van der Waals surface area contributed by atoms with Gasteiger partial charge in [-0.05, 0) is 29.4 Å². The lowest BCUT2D eigenvalue weighted by Crippen LogP contribution is -2.15. The number of hydrogen-bond acceptors (Lipinski definition) is 1. The third-order valence-corrected chi connectivity index (χ3v) is 3.22. The van der Waals surface area contributed by atoms with Crippen LogP contribution >= 0.6 is 0 Å². The second-order valence-electron chi connectivity index (χ2n) is 5.43. The molecule has 0 aliphatic carbocycles. The highest BCUT2D eigenvalue weighted by atomic mass is 16.3. The summed E-state index contributed by atoms with van der Waals surface area (Å²) in [6, 6.07) is 8.28. The van der Waals surface area contributed by atoms with Crippen LogP contribution < -0.4 is 0 Å². The van der Waals surface area contributed by atoms with Crippen molar-refractivity contribution in [3.63, 3.8) is 0 Å².